The number of hydrogen-bond donors (Lipinski definition) is 1. The van der Waals surface area contributed by atoms with Crippen LogP contribution in [-0.4, -0.2) is 41.7 Å². The van der Waals surface area contributed by atoms with Gasteiger partial charge in [-0.05, 0) is 44.9 Å². The van der Waals surface area contributed by atoms with Crippen LogP contribution in [-0.2, 0) is 4.79 Å². The normalized spacial score (nSPS) is 21.1. The maximum Gasteiger partial charge on any atom is 0.310 e. The second kappa shape index (κ2) is 6.75. The van der Waals surface area contributed by atoms with E-state index in [4.69, 9.17) is 4.74 Å². The number of hydrogen-bond acceptors (Lipinski definition) is 3. The first-order valence-corrected chi connectivity index (χ1v) is 7.22. The predicted octanol–water partition coefficient (Wildman–Crippen LogP) is 2.50. The fourth-order valence-electron chi connectivity index (χ4n) is 2.72. The van der Waals surface area contributed by atoms with Gasteiger partial charge in [-0.1, -0.05) is 18.2 Å². The summed E-state index contributed by atoms with van der Waals surface area (Å²) in [5.74, 6) is -0.272. The van der Waals surface area contributed by atoms with Crippen LogP contribution < -0.4 is 4.74 Å². The lowest BCUT2D eigenvalue weighted by atomic mass is 9.92. The van der Waals surface area contributed by atoms with Crippen LogP contribution in [0.1, 0.15) is 20.3 Å². The number of rotatable bonds is 6. The maximum atomic E-state index is 11.5. The molecular formula is C16H23NO3. The number of aliphatic carboxylic acids is 1. The Balaban J connectivity index is 1.93. The number of carboxylic acid groups (broad SMARTS) is 1. The summed E-state index contributed by atoms with van der Waals surface area (Å²) < 4.78 is 5.64. The van der Waals surface area contributed by atoms with Crippen LogP contribution >= 0.6 is 0 Å². The highest BCUT2D eigenvalue weighted by Crippen LogP contribution is 2.26. The minimum atomic E-state index is -0.753. The molecule has 1 aromatic rings. The van der Waals surface area contributed by atoms with Gasteiger partial charge in [-0.25, -0.2) is 0 Å². The summed E-state index contributed by atoms with van der Waals surface area (Å²) in [4.78, 5) is 13.8. The van der Waals surface area contributed by atoms with Gasteiger partial charge in [0.25, 0.3) is 0 Å². The number of carbonyl (C=O) groups is 1. The second-order valence-electron chi connectivity index (χ2n) is 5.71. The van der Waals surface area contributed by atoms with Crippen molar-refractivity contribution in [1.82, 2.24) is 4.90 Å². The Morgan fingerprint density at radius 1 is 1.40 bits per heavy atom. The standard InChI is InChI=1S/C16H23NO3/c1-12(2)17-9-8-13(10-17)15(16(18)19)11-20-14-6-4-3-5-7-14/h3-7,12-13,15H,8-11H2,1-2H3,(H,18,19). The van der Waals surface area contributed by atoms with Crippen molar-refractivity contribution in [3.63, 3.8) is 0 Å². The third-order valence-electron chi connectivity index (χ3n) is 4.05. The van der Waals surface area contributed by atoms with E-state index in [9.17, 15) is 9.90 Å². The number of benzene rings is 1. The molecule has 1 heterocycles. The van der Waals surface area contributed by atoms with E-state index in [0.717, 1.165) is 25.3 Å². The molecule has 20 heavy (non-hydrogen) atoms. The van der Waals surface area contributed by atoms with Gasteiger partial charge in [0.05, 0.1) is 5.92 Å². The van der Waals surface area contributed by atoms with Crippen molar-refractivity contribution >= 4 is 5.97 Å². The summed E-state index contributed by atoms with van der Waals surface area (Å²) in [7, 11) is 0. The second-order valence-corrected chi connectivity index (χ2v) is 5.71. The smallest absolute Gasteiger partial charge is 0.310 e. The number of nitrogens with zero attached hydrogens (tertiary/aromatic N) is 1. The molecule has 4 nitrogen and oxygen atoms in total. The monoisotopic (exact) mass is 277 g/mol. The quantitative estimate of drug-likeness (QED) is 0.868. The largest absolute Gasteiger partial charge is 0.493 e. The van der Waals surface area contributed by atoms with Crippen LogP contribution in [0.5, 0.6) is 5.75 Å². The zero-order chi connectivity index (χ0) is 14.5. The van der Waals surface area contributed by atoms with Crippen LogP contribution in [0.25, 0.3) is 0 Å². The molecule has 2 atom stereocenters. The van der Waals surface area contributed by atoms with Crippen LogP contribution in [0.3, 0.4) is 0 Å². The van der Waals surface area contributed by atoms with Gasteiger partial charge in [-0.15, -0.1) is 0 Å². The fourth-order valence-corrected chi connectivity index (χ4v) is 2.72. The summed E-state index contributed by atoms with van der Waals surface area (Å²) in [6, 6.07) is 9.88. The van der Waals surface area contributed by atoms with Crippen LogP contribution in [0.4, 0.5) is 0 Å². The topological polar surface area (TPSA) is 49.8 Å². The van der Waals surface area contributed by atoms with Crippen molar-refractivity contribution < 1.29 is 14.6 Å². The van der Waals surface area contributed by atoms with Gasteiger partial charge in [0.15, 0.2) is 0 Å². The van der Waals surface area contributed by atoms with Crippen molar-refractivity contribution in [3.05, 3.63) is 30.3 Å². The van der Waals surface area contributed by atoms with Crippen molar-refractivity contribution in [2.75, 3.05) is 19.7 Å². The van der Waals surface area contributed by atoms with Gasteiger partial charge in [-0.3, -0.25) is 4.79 Å². The first-order chi connectivity index (χ1) is 9.58. The minimum Gasteiger partial charge on any atom is -0.493 e. The molecule has 1 aliphatic heterocycles. The summed E-state index contributed by atoms with van der Waals surface area (Å²) in [5, 5.41) is 9.44. The van der Waals surface area contributed by atoms with E-state index < -0.39 is 11.9 Å². The summed E-state index contributed by atoms with van der Waals surface area (Å²) >= 11 is 0. The van der Waals surface area contributed by atoms with E-state index >= 15 is 0 Å². The molecule has 0 saturated carbocycles. The molecule has 0 bridgehead atoms. The number of para-hydroxylation sites is 1. The third kappa shape index (κ3) is 3.73. The van der Waals surface area contributed by atoms with Gasteiger partial charge in [0.1, 0.15) is 12.4 Å². The lowest BCUT2D eigenvalue weighted by Gasteiger charge is -2.23. The third-order valence-corrected chi connectivity index (χ3v) is 4.05. The van der Waals surface area contributed by atoms with E-state index in [-0.39, 0.29) is 12.5 Å². The highest BCUT2D eigenvalue weighted by molar-refractivity contribution is 5.70. The maximum absolute atomic E-state index is 11.5. The van der Waals surface area contributed by atoms with Gasteiger partial charge in [0.2, 0.25) is 0 Å². The Bertz CT molecular complexity index is 433. The van der Waals surface area contributed by atoms with Crippen LogP contribution in [0, 0.1) is 11.8 Å². The molecule has 110 valence electrons. The molecule has 4 heteroatoms. The molecule has 0 aromatic heterocycles. The molecule has 2 unspecified atom stereocenters. The molecule has 1 fully saturated rings. The van der Waals surface area contributed by atoms with Crippen molar-refractivity contribution in [2.45, 2.75) is 26.3 Å². The van der Waals surface area contributed by atoms with E-state index in [2.05, 4.69) is 18.7 Å². The molecule has 0 amide bonds. The minimum absolute atomic E-state index is 0.179. The van der Waals surface area contributed by atoms with Crippen molar-refractivity contribution in [2.24, 2.45) is 11.8 Å². The molecule has 2 rings (SSSR count). The molecule has 1 aliphatic rings. The SMILES string of the molecule is CC(C)N1CCC(C(COc2ccccc2)C(=O)O)C1. The summed E-state index contributed by atoms with van der Waals surface area (Å²) in [6.07, 6.45) is 0.938. The van der Waals surface area contributed by atoms with Gasteiger partial charge in [0, 0.05) is 12.6 Å². The lowest BCUT2D eigenvalue weighted by Crippen LogP contribution is -2.33. The Hall–Kier alpha value is -1.55. The number of likely N-dealkylation sites (tertiary alicyclic amines) is 1. The van der Waals surface area contributed by atoms with E-state index in [1.165, 1.54) is 0 Å². The van der Waals surface area contributed by atoms with Crippen molar-refractivity contribution in [3.8, 4) is 5.75 Å². The molecule has 0 radical (unpaired) electrons. The zero-order valence-corrected chi connectivity index (χ0v) is 12.2. The van der Waals surface area contributed by atoms with Crippen LogP contribution in [0.2, 0.25) is 0 Å². The highest BCUT2D eigenvalue weighted by Gasteiger charge is 2.35. The van der Waals surface area contributed by atoms with Crippen LogP contribution in [0.15, 0.2) is 30.3 Å². The lowest BCUT2D eigenvalue weighted by molar-refractivity contribution is -0.144. The Morgan fingerprint density at radius 3 is 2.65 bits per heavy atom. The Kier molecular flexibility index (Phi) is 5.01. The molecule has 1 N–H and O–H groups in total. The number of ether oxygens (including phenoxy) is 1. The summed E-state index contributed by atoms with van der Waals surface area (Å²) in [6.45, 7) is 6.39. The van der Waals surface area contributed by atoms with Gasteiger partial charge < -0.3 is 14.7 Å². The molecule has 1 saturated heterocycles. The fraction of sp³-hybridized carbons (Fsp3) is 0.562. The van der Waals surface area contributed by atoms with Crippen molar-refractivity contribution in [1.29, 1.82) is 0 Å². The average Bonchev–Trinajstić information content (AvgIpc) is 2.89. The van der Waals surface area contributed by atoms with E-state index in [0.29, 0.717) is 6.04 Å². The predicted molar refractivity (Wildman–Crippen MR) is 77.9 cm³/mol. The van der Waals surface area contributed by atoms with Gasteiger partial charge >= 0.3 is 5.97 Å². The number of carboxylic acids is 1. The molecule has 1 aromatic carbocycles. The highest BCUT2D eigenvalue weighted by atomic mass is 16.5. The molecule has 0 aliphatic carbocycles. The first-order valence-electron chi connectivity index (χ1n) is 7.22. The summed E-state index contributed by atoms with van der Waals surface area (Å²) in [5.41, 5.74) is 0. The van der Waals surface area contributed by atoms with Gasteiger partial charge in [-0.2, -0.15) is 0 Å². The Labute approximate surface area is 120 Å². The van der Waals surface area contributed by atoms with E-state index in [1.807, 2.05) is 30.3 Å². The van der Waals surface area contributed by atoms with E-state index in [1.54, 1.807) is 0 Å². The molecule has 0 spiro atoms. The zero-order valence-electron chi connectivity index (χ0n) is 12.2. The molecular weight excluding hydrogens is 254 g/mol. The Morgan fingerprint density at radius 2 is 2.10 bits per heavy atom. The average molecular weight is 277 g/mol. The first kappa shape index (κ1) is 14.9.